The van der Waals surface area contributed by atoms with E-state index in [2.05, 4.69) is 5.32 Å². The van der Waals surface area contributed by atoms with Crippen molar-refractivity contribution in [3.63, 3.8) is 0 Å². The Kier molecular flexibility index (Phi) is 5.61. The van der Waals surface area contributed by atoms with Crippen molar-refractivity contribution < 1.29 is 19.4 Å². The van der Waals surface area contributed by atoms with Gasteiger partial charge < -0.3 is 19.9 Å². The van der Waals surface area contributed by atoms with Crippen molar-refractivity contribution in [2.24, 2.45) is 0 Å². The molecule has 0 aliphatic carbocycles. The van der Waals surface area contributed by atoms with Crippen LogP contribution in [0.1, 0.15) is 19.4 Å². The summed E-state index contributed by atoms with van der Waals surface area (Å²) in [6.45, 7) is 3.61. The summed E-state index contributed by atoms with van der Waals surface area (Å²) < 4.78 is 10.1. The number of carbonyl (C=O) groups excluding carboxylic acids is 1. The summed E-state index contributed by atoms with van der Waals surface area (Å²) in [6.07, 6.45) is 1.40. The molecule has 0 spiro atoms. The van der Waals surface area contributed by atoms with E-state index in [1.807, 2.05) is 6.07 Å². The molecule has 1 amide bonds. The molecule has 0 fully saturated rings. The largest absolute Gasteiger partial charge is 0.502 e. The molecule has 2 N–H and O–H groups in total. The molecule has 0 aliphatic heterocycles. The number of hydrogen-bond donors (Lipinski definition) is 2. The molecule has 112 valence electrons. The Morgan fingerprint density at radius 2 is 1.86 bits per heavy atom. The summed E-state index contributed by atoms with van der Waals surface area (Å²) in [6, 6.07) is 4.80. The molecule has 0 heterocycles. The van der Waals surface area contributed by atoms with Crippen LogP contribution in [0.3, 0.4) is 0 Å². The Morgan fingerprint density at radius 3 is 2.24 bits per heavy atom. The summed E-state index contributed by atoms with van der Waals surface area (Å²) in [5, 5.41) is 21.5. The molecule has 0 saturated heterocycles. The van der Waals surface area contributed by atoms with E-state index in [0.717, 1.165) is 0 Å². The van der Waals surface area contributed by atoms with Crippen LogP contribution in [0, 0.1) is 11.3 Å². The number of phenolic OH excluding ortho intramolecular Hbond substituents is 1. The summed E-state index contributed by atoms with van der Waals surface area (Å²) >= 11 is 0. The third kappa shape index (κ3) is 4.14. The predicted molar refractivity (Wildman–Crippen MR) is 78.1 cm³/mol. The van der Waals surface area contributed by atoms with Gasteiger partial charge in [-0.05, 0) is 37.6 Å². The third-order valence-corrected chi connectivity index (χ3v) is 2.60. The second-order valence-corrected chi connectivity index (χ2v) is 4.57. The van der Waals surface area contributed by atoms with Crippen LogP contribution in [0.4, 0.5) is 0 Å². The van der Waals surface area contributed by atoms with E-state index in [9.17, 15) is 9.90 Å². The number of phenols is 1. The van der Waals surface area contributed by atoms with Crippen LogP contribution in [-0.4, -0.2) is 31.3 Å². The van der Waals surface area contributed by atoms with Gasteiger partial charge in [0.25, 0.3) is 5.91 Å². The zero-order valence-electron chi connectivity index (χ0n) is 12.4. The van der Waals surface area contributed by atoms with Crippen LogP contribution in [-0.2, 0) is 4.79 Å². The number of aromatic hydroxyl groups is 1. The Bertz CT molecular complexity index is 575. The van der Waals surface area contributed by atoms with Gasteiger partial charge in [-0.1, -0.05) is 0 Å². The number of methoxy groups -OCH3 is 2. The minimum atomic E-state index is -0.460. The number of benzene rings is 1. The maximum absolute atomic E-state index is 11.9. The van der Waals surface area contributed by atoms with Crippen LogP contribution in [0.5, 0.6) is 17.2 Å². The number of ether oxygens (including phenoxy) is 2. The van der Waals surface area contributed by atoms with Gasteiger partial charge in [0, 0.05) is 6.04 Å². The number of rotatable bonds is 5. The summed E-state index contributed by atoms with van der Waals surface area (Å²) in [7, 11) is 2.80. The van der Waals surface area contributed by atoms with Gasteiger partial charge in [-0.15, -0.1) is 0 Å². The molecule has 0 unspecified atom stereocenters. The topological polar surface area (TPSA) is 91.6 Å². The lowest BCUT2D eigenvalue weighted by atomic mass is 10.1. The average molecular weight is 290 g/mol. The first-order valence-electron chi connectivity index (χ1n) is 6.30. The van der Waals surface area contributed by atoms with E-state index in [1.165, 1.54) is 32.4 Å². The van der Waals surface area contributed by atoms with Crippen molar-refractivity contribution in [2.75, 3.05) is 14.2 Å². The maximum atomic E-state index is 11.9. The Balaban J connectivity index is 3.23. The number of nitriles is 1. The molecule has 21 heavy (non-hydrogen) atoms. The highest BCUT2D eigenvalue weighted by Gasteiger charge is 2.13. The molecule has 1 rings (SSSR count). The molecule has 0 saturated carbocycles. The van der Waals surface area contributed by atoms with Gasteiger partial charge in [-0.3, -0.25) is 4.79 Å². The lowest BCUT2D eigenvalue weighted by molar-refractivity contribution is -0.117. The number of amides is 1. The van der Waals surface area contributed by atoms with Crippen molar-refractivity contribution in [1.29, 1.82) is 5.26 Å². The van der Waals surface area contributed by atoms with Gasteiger partial charge in [0.2, 0.25) is 5.75 Å². The van der Waals surface area contributed by atoms with Gasteiger partial charge >= 0.3 is 0 Å². The summed E-state index contributed by atoms with van der Waals surface area (Å²) in [5.41, 5.74) is 0.468. The smallest absolute Gasteiger partial charge is 0.262 e. The summed E-state index contributed by atoms with van der Waals surface area (Å²) in [5.74, 6) is -0.204. The molecule has 1 aromatic carbocycles. The lowest BCUT2D eigenvalue weighted by Gasteiger charge is -2.10. The average Bonchev–Trinajstić information content (AvgIpc) is 2.44. The zero-order chi connectivity index (χ0) is 16.0. The standard InChI is InChI=1S/C15H18N2O4/c1-9(2)17-15(19)11(8-16)5-10-6-12(20-3)14(18)13(7-10)21-4/h5-7,9,18H,1-4H3,(H,17,19)/b11-5+. The fraction of sp³-hybridized carbons (Fsp3) is 0.333. The van der Waals surface area contributed by atoms with E-state index < -0.39 is 5.91 Å². The number of nitrogens with zero attached hydrogens (tertiary/aromatic N) is 1. The van der Waals surface area contributed by atoms with Crippen LogP contribution in [0.15, 0.2) is 17.7 Å². The van der Waals surface area contributed by atoms with Crippen LogP contribution >= 0.6 is 0 Å². The van der Waals surface area contributed by atoms with E-state index in [1.54, 1.807) is 13.8 Å². The van der Waals surface area contributed by atoms with Crippen LogP contribution in [0.25, 0.3) is 6.08 Å². The lowest BCUT2D eigenvalue weighted by Crippen LogP contribution is -2.30. The molecular formula is C15H18N2O4. The second kappa shape index (κ2) is 7.20. The number of nitrogens with one attached hydrogen (secondary N) is 1. The normalized spacial score (nSPS) is 11.0. The highest BCUT2D eigenvalue weighted by molar-refractivity contribution is 6.01. The van der Waals surface area contributed by atoms with Crippen LogP contribution in [0.2, 0.25) is 0 Å². The van der Waals surface area contributed by atoms with Crippen molar-refractivity contribution in [3.8, 4) is 23.3 Å². The molecular weight excluding hydrogens is 272 g/mol. The van der Waals surface area contributed by atoms with Crippen molar-refractivity contribution >= 4 is 12.0 Å². The molecule has 0 atom stereocenters. The van der Waals surface area contributed by atoms with E-state index in [0.29, 0.717) is 5.56 Å². The third-order valence-electron chi connectivity index (χ3n) is 2.60. The highest BCUT2D eigenvalue weighted by atomic mass is 16.5. The first kappa shape index (κ1) is 16.4. The zero-order valence-corrected chi connectivity index (χ0v) is 12.4. The molecule has 0 aromatic heterocycles. The molecule has 6 heteroatoms. The first-order valence-corrected chi connectivity index (χ1v) is 6.30. The number of hydrogen-bond acceptors (Lipinski definition) is 5. The van der Waals surface area contributed by atoms with Gasteiger partial charge in [0.1, 0.15) is 11.6 Å². The molecule has 6 nitrogen and oxygen atoms in total. The van der Waals surface area contributed by atoms with Crippen molar-refractivity contribution in [1.82, 2.24) is 5.32 Å². The number of carbonyl (C=O) groups is 1. The Labute approximate surface area is 123 Å². The first-order chi connectivity index (χ1) is 9.92. The van der Waals surface area contributed by atoms with E-state index in [4.69, 9.17) is 14.7 Å². The molecule has 0 radical (unpaired) electrons. The molecule has 0 aliphatic rings. The van der Waals surface area contributed by atoms with Gasteiger partial charge in [0.05, 0.1) is 14.2 Å². The van der Waals surface area contributed by atoms with E-state index in [-0.39, 0.29) is 28.9 Å². The molecule has 1 aromatic rings. The maximum Gasteiger partial charge on any atom is 0.262 e. The van der Waals surface area contributed by atoms with Crippen molar-refractivity contribution in [2.45, 2.75) is 19.9 Å². The minimum absolute atomic E-state index is 0.0431. The highest BCUT2D eigenvalue weighted by Crippen LogP contribution is 2.37. The predicted octanol–water partition coefficient (Wildman–Crippen LogP) is 1.84. The van der Waals surface area contributed by atoms with Crippen molar-refractivity contribution in [3.05, 3.63) is 23.3 Å². The second-order valence-electron chi connectivity index (χ2n) is 4.57. The van der Waals surface area contributed by atoms with Gasteiger partial charge in [0.15, 0.2) is 11.5 Å². The van der Waals surface area contributed by atoms with Gasteiger partial charge in [-0.25, -0.2) is 0 Å². The van der Waals surface area contributed by atoms with Gasteiger partial charge in [-0.2, -0.15) is 5.26 Å². The van der Waals surface area contributed by atoms with Crippen LogP contribution < -0.4 is 14.8 Å². The monoisotopic (exact) mass is 290 g/mol. The summed E-state index contributed by atoms with van der Waals surface area (Å²) in [4.78, 5) is 11.9. The fourth-order valence-electron chi connectivity index (χ4n) is 1.65. The SMILES string of the molecule is COc1cc(/C=C(\C#N)C(=O)NC(C)C)cc(OC)c1O. The fourth-order valence-corrected chi connectivity index (χ4v) is 1.65. The Hall–Kier alpha value is -2.68. The minimum Gasteiger partial charge on any atom is -0.502 e. The molecule has 0 bridgehead atoms. The van der Waals surface area contributed by atoms with E-state index >= 15 is 0 Å². The Morgan fingerprint density at radius 1 is 1.33 bits per heavy atom. The quantitative estimate of drug-likeness (QED) is 0.637.